The lowest BCUT2D eigenvalue weighted by atomic mass is 9.92. The lowest BCUT2D eigenvalue weighted by molar-refractivity contribution is -0.176. The van der Waals surface area contributed by atoms with Crippen LogP contribution in [-0.2, 0) is 14.3 Å². The molecule has 2 aliphatic heterocycles. The van der Waals surface area contributed by atoms with Crippen molar-refractivity contribution in [3.63, 3.8) is 0 Å². The summed E-state index contributed by atoms with van der Waals surface area (Å²) in [6.07, 6.45) is 6.40. The number of carbonyl (C=O) groups is 2. The molecule has 4 rings (SSSR count). The Bertz CT molecular complexity index is 1410. The normalized spacial score (nSPS) is 20.0. The van der Waals surface area contributed by atoms with E-state index in [-0.39, 0.29) is 31.4 Å². The van der Waals surface area contributed by atoms with Crippen molar-refractivity contribution in [2.75, 3.05) is 19.7 Å². The van der Waals surface area contributed by atoms with Crippen LogP contribution in [0.1, 0.15) is 37.8 Å². The number of nitrogens with zero attached hydrogens (tertiary/aromatic N) is 2. The number of benzene rings is 2. The smallest absolute Gasteiger partial charge is 0.337 e. The molecule has 0 aliphatic carbocycles. The molecule has 1 unspecified atom stereocenters. The molecule has 2 aromatic carbocycles. The van der Waals surface area contributed by atoms with E-state index in [0.29, 0.717) is 28.4 Å². The van der Waals surface area contributed by atoms with Crippen LogP contribution in [-0.4, -0.2) is 52.1 Å². The van der Waals surface area contributed by atoms with Gasteiger partial charge in [-0.3, -0.25) is 4.79 Å². The van der Waals surface area contributed by atoms with Gasteiger partial charge < -0.3 is 19.6 Å². The highest BCUT2D eigenvalue weighted by molar-refractivity contribution is 6.32. The van der Waals surface area contributed by atoms with Crippen LogP contribution < -0.4 is 0 Å². The van der Waals surface area contributed by atoms with Gasteiger partial charge in [-0.1, -0.05) is 67.9 Å². The van der Waals surface area contributed by atoms with E-state index in [1.807, 2.05) is 44.2 Å². The molecular formula is C31H32ClFN2O4. The first-order valence-electron chi connectivity index (χ1n) is 12.8. The second kappa shape index (κ2) is 11.6. The van der Waals surface area contributed by atoms with Gasteiger partial charge in [-0.15, -0.1) is 0 Å². The maximum Gasteiger partial charge on any atom is 0.337 e. The molecule has 204 valence electrons. The number of amides is 1. The SMILES string of the molecule is C=C1C=C(C(=O)N2CCOC(C)(C(=O)O)C2)C=CN1/C(Cl)=C(\CCC)c1ccccc1-c1ccc(C)cc1F. The van der Waals surface area contributed by atoms with E-state index < -0.39 is 11.6 Å². The molecule has 2 aliphatic rings. The van der Waals surface area contributed by atoms with Crippen molar-refractivity contribution in [1.29, 1.82) is 0 Å². The summed E-state index contributed by atoms with van der Waals surface area (Å²) in [6.45, 7) is 9.84. The zero-order valence-corrected chi connectivity index (χ0v) is 23.1. The number of aryl methyl sites for hydroxylation is 1. The minimum Gasteiger partial charge on any atom is -0.479 e. The average molecular weight is 551 g/mol. The third-order valence-corrected chi connectivity index (χ3v) is 7.33. The number of hydrogen-bond acceptors (Lipinski definition) is 4. The van der Waals surface area contributed by atoms with Crippen LogP contribution in [0, 0.1) is 12.7 Å². The van der Waals surface area contributed by atoms with Gasteiger partial charge in [0.1, 0.15) is 11.0 Å². The zero-order valence-electron chi connectivity index (χ0n) is 22.3. The fourth-order valence-electron chi connectivity index (χ4n) is 4.79. The number of carbonyl (C=O) groups excluding carboxylic acids is 1. The molecule has 1 N–H and O–H groups in total. The van der Waals surface area contributed by atoms with Gasteiger partial charge in [-0.05, 0) is 60.8 Å². The Morgan fingerprint density at radius 1 is 1.21 bits per heavy atom. The Morgan fingerprint density at radius 3 is 2.62 bits per heavy atom. The molecule has 39 heavy (non-hydrogen) atoms. The molecule has 6 nitrogen and oxygen atoms in total. The monoisotopic (exact) mass is 550 g/mol. The van der Waals surface area contributed by atoms with Gasteiger partial charge >= 0.3 is 5.97 Å². The number of aliphatic carboxylic acids is 1. The molecule has 1 atom stereocenters. The lowest BCUT2D eigenvalue weighted by Gasteiger charge is -2.38. The molecule has 0 aromatic heterocycles. The summed E-state index contributed by atoms with van der Waals surface area (Å²) in [5, 5.41) is 9.91. The predicted molar refractivity (Wildman–Crippen MR) is 151 cm³/mol. The number of carboxylic acids is 1. The van der Waals surface area contributed by atoms with E-state index in [4.69, 9.17) is 16.3 Å². The fraction of sp³-hybridized carbons (Fsp3) is 0.290. The Balaban J connectivity index is 1.65. The van der Waals surface area contributed by atoms with Crippen LogP contribution in [0.15, 0.2) is 83.8 Å². The Labute approximate surface area is 233 Å². The largest absolute Gasteiger partial charge is 0.479 e. The minimum atomic E-state index is -1.46. The van der Waals surface area contributed by atoms with Crippen molar-refractivity contribution in [3.8, 4) is 11.1 Å². The highest BCUT2D eigenvalue weighted by Crippen LogP contribution is 2.38. The summed E-state index contributed by atoms with van der Waals surface area (Å²) in [5.41, 5.74) is 3.11. The van der Waals surface area contributed by atoms with Gasteiger partial charge in [0.2, 0.25) is 0 Å². The highest BCUT2D eigenvalue weighted by Gasteiger charge is 2.41. The molecule has 0 radical (unpaired) electrons. The zero-order chi connectivity index (χ0) is 28.3. The van der Waals surface area contributed by atoms with Crippen LogP contribution in [0.4, 0.5) is 4.39 Å². The summed E-state index contributed by atoms with van der Waals surface area (Å²) >= 11 is 7.00. The predicted octanol–water partition coefficient (Wildman–Crippen LogP) is 6.48. The Kier molecular flexibility index (Phi) is 8.42. The molecule has 2 heterocycles. The van der Waals surface area contributed by atoms with Crippen molar-refractivity contribution in [2.24, 2.45) is 0 Å². The van der Waals surface area contributed by atoms with E-state index in [1.54, 1.807) is 29.3 Å². The van der Waals surface area contributed by atoms with Crippen LogP contribution in [0.25, 0.3) is 16.7 Å². The number of rotatable bonds is 7. The van der Waals surface area contributed by atoms with Gasteiger partial charge in [0.25, 0.3) is 5.91 Å². The first-order valence-corrected chi connectivity index (χ1v) is 13.2. The Hall–Kier alpha value is -3.68. The average Bonchev–Trinajstić information content (AvgIpc) is 2.91. The summed E-state index contributed by atoms with van der Waals surface area (Å²) in [5.74, 6) is -1.73. The van der Waals surface area contributed by atoms with Crippen LogP contribution in [0.2, 0.25) is 0 Å². The van der Waals surface area contributed by atoms with Crippen molar-refractivity contribution < 1.29 is 23.8 Å². The van der Waals surface area contributed by atoms with E-state index in [0.717, 1.165) is 28.7 Å². The van der Waals surface area contributed by atoms with Gasteiger partial charge in [-0.25, -0.2) is 9.18 Å². The standard InChI is InChI=1S/C31H32ClFN2O4/c1-5-8-26(24-10-7-6-9-23(24)25-12-11-20(2)17-27(25)33)28(32)35-14-13-22(18-21(35)3)29(36)34-15-16-39-31(4,19-34)30(37)38/h6-7,9-14,17-18H,3,5,8,15-16,19H2,1-2,4H3,(H,37,38)/b28-26+. The third kappa shape index (κ3) is 5.84. The van der Waals surface area contributed by atoms with Crippen molar-refractivity contribution in [3.05, 3.63) is 101 Å². The van der Waals surface area contributed by atoms with Crippen LogP contribution in [0.3, 0.4) is 0 Å². The Morgan fingerprint density at radius 2 is 1.95 bits per heavy atom. The quantitative estimate of drug-likeness (QED) is 0.400. The molecule has 0 bridgehead atoms. The molecule has 2 aromatic rings. The van der Waals surface area contributed by atoms with Gasteiger partial charge in [-0.2, -0.15) is 0 Å². The van der Waals surface area contributed by atoms with Gasteiger partial charge in [0.15, 0.2) is 5.60 Å². The third-order valence-electron chi connectivity index (χ3n) is 6.92. The number of morpholine rings is 1. The second-order valence-electron chi connectivity index (χ2n) is 9.94. The van der Waals surface area contributed by atoms with E-state index in [2.05, 4.69) is 6.58 Å². The van der Waals surface area contributed by atoms with Crippen molar-refractivity contribution in [1.82, 2.24) is 9.80 Å². The maximum atomic E-state index is 15.0. The number of carboxylic acid groups (broad SMARTS) is 1. The van der Waals surface area contributed by atoms with Crippen LogP contribution >= 0.6 is 11.6 Å². The number of ether oxygens (including phenoxy) is 1. The van der Waals surface area contributed by atoms with Crippen LogP contribution in [0.5, 0.6) is 0 Å². The molecule has 1 saturated heterocycles. The number of halogens is 2. The summed E-state index contributed by atoms with van der Waals surface area (Å²) in [4.78, 5) is 28.0. The molecule has 8 heteroatoms. The second-order valence-corrected chi connectivity index (χ2v) is 10.3. The summed E-state index contributed by atoms with van der Waals surface area (Å²) < 4.78 is 20.4. The molecular weight excluding hydrogens is 519 g/mol. The molecule has 1 fully saturated rings. The topological polar surface area (TPSA) is 70.1 Å². The highest BCUT2D eigenvalue weighted by atomic mass is 35.5. The number of allylic oxidation sites excluding steroid dienone is 2. The van der Waals surface area contributed by atoms with Crippen molar-refractivity contribution in [2.45, 2.75) is 39.2 Å². The summed E-state index contributed by atoms with van der Waals surface area (Å²) in [6, 6.07) is 12.8. The molecule has 0 saturated carbocycles. The van der Waals surface area contributed by atoms with E-state index in [9.17, 15) is 19.1 Å². The molecule has 1 amide bonds. The van der Waals surface area contributed by atoms with Crippen molar-refractivity contribution >= 4 is 29.1 Å². The first kappa shape index (κ1) is 28.3. The lowest BCUT2D eigenvalue weighted by Crippen LogP contribution is -2.56. The maximum absolute atomic E-state index is 15.0. The van der Waals surface area contributed by atoms with E-state index >= 15 is 0 Å². The molecule has 0 spiro atoms. The summed E-state index contributed by atoms with van der Waals surface area (Å²) in [7, 11) is 0. The fourth-order valence-corrected chi connectivity index (χ4v) is 5.15. The first-order chi connectivity index (χ1) is 18.6. The van der Waals surface area contributed by atoms with Gasteiger partial charge in [0, 0.05) is 29.6 Å². The van der Waals surface area contributed by atoms with Gasteiger partial charge in [0.05, 0.1) is 13.2 Å². The minimum absolute atomic E-state index is 0.0593. The van der Waals surface area contributed by atoms with E-state index in [1.165, 1.54) is 17.9 Å². The number of hydrogen-bond donors (Lipinski definition) is 1.